The molecule has 2 nitrogen and oxygen atoms in total. The first kappa shape index (κ1) is 17.0. The Hall–Kier alpha value is -0.860. The van der Waals surface area contributed by atoms with Crippen molar-refractivity contribution in [1.29, 1.82) is 0 Å². The zero-order valence-corrected chi connectivity index (χ0v) is 15.3. The zero-order valence-electron chi connectivity index (χ0n) is 15.3. The lowest BCUT2D eigenvalue weighted by Crippen LogP contribution is -2.49. The van der Waals surface area contributed by atoms with Gasteiger partial charge in [-0.05, 0) is 48.1 Å². The van der Waals surface area contributed by atoms with E-state index in [2.05, 4.69) is 54.8 Å². The molecule has 1 heterocycles. The number of piperazine rings is 1. The van der Waals surface area contributed by atoms with E-state index in [-0.39, 0.29) is 0 Å². The Morgan fingerprint density at radius 3 is 2.13 bits per heavy atom. The predicted molar refractivity (Wildman–Crippen MR) is 99.0 cm³/mol. The standard InChI is InChI=1S/C21H34N2/c1-4-18-5-7-20(8-6-18)21-13-19(14-21)16-23-11-9-22(10-12-23)15-17(2)3/h5-8,17,19,21H,4,9-16H2,1-3H3. The fraction of sp³-hybridized carbons (Fsp3) is 0.714. The van der Waals surface area contributed by atoms with Crippen LogP contribution in [0.3, 0.4) is 0 Å². The van der Waals surface area contributed by atoms with Gasteiger partial charge in [-0.15, -0.1) is 0 Å². The van der Waals surface area contributed by atoms with Gasteiger partial charge in [0, 0.05) is 39.3 Å². The van der Waals surface area contributed by atoms with E-state index in [9.17, 15) is 0 Å². The Bertz CT molecular complexity index is 465. The van der Waals surface area contributed by atoms with Crippen molar-refractivity contribution < 1.29 is 0 Å². The molecule has 1 aromatic carbocycles. The molecule has 1 aliphatic heterocycles. The van der Waals surface area contributed by atoms with E-state index in [0.717, 1.165) is 24.2 Å². The van der Waals surface area contributed by atoms with Crippen molar-refractivity contribution in [2.45, 2.75) is 46.0 Å². The van der Waals surface area contributed by atoms with E-state index in [1.165, 1.54) is 57.7 Å². The number of benzene rings is 1. The van der Waals surface area contributed by atoms with Gasteiger partial charge in [-0.3, -0.25) is 0 Å². The maximum atomic E-state index is 2.71. The highest BCUT2D eigenvalue weighted by Crippen LogP contribution is 2.42. The van der Waals surface area contributed by atoms with Gasteiger partial charge in [0.25, 0.3) is 0 Å². The molecule has 0 aromatic heterocycles. The van der Waals surface area contributed by atoms with Gasteiger partial charge < -0.3 is 9.80 Å². The van der Waals surface area contributed by atoms with Gasteiger partial charge in [0.1, 0.15) is 0 Å². The topological polar surface area (TPSA) is 6.48 Å². The molecule has 1 aromatic rings. The van der Waals surface area contributed by atoms with Crippen LogP contribution in [0.2, 0.25) is 0 Å². The van der Waals surface area contributed by atoms with Gasteiger partial charge >= 0.3 is 0 Å². The third-order valence-corrected chi connectivity index (χ3v) is 5.70. The van der Waals surface area contributed by atoms with Gasteiger partial charge in [-0.1, -0.05) is 45.0 Å². The molecule has 0 unspecified atom stereocenters. The third-order valence-electron chi connectivity index (χ3n) is 5.70. The molecular weight excluding hydrogens is 280 g/mol. The van der Waals surface area contributed by atoms with Gasteiger partial charge in [0.2, 0.25) is 0 Å². The Labute approximate surface area is 142 Å². The Morgan fingerprint density at radius 1 is 0.957 bits per heavy atom. The molecule has 2 aliphatic rings. The number of hydrogen-bond donors (Lipinski definition) is 0. The summed E-state index contributed by atoms with van der Waals surface area (Å²) in [5.41, 5.74) is 3.03. The smallest absolute Gasteiger partial charge is 0.0110 e. The molecule has 2 heteroatoms. The van der Waals surface area contributed by atoms with Crippen molar-refractivity contribution >= 4 is 0 Å². The van der Waals surface area contributed by atoms with Crippen LogP contribution in [0.5, 0.6) is 0 Å². The average Bonchev–Trinajstić information content (AvgIpc) is 2.52. The predicted octanol–water partition coefficient (Wildman–Crippen LogP) is 4.02. The van der Waals surface area contributed by atoms with Crippen molar-refractivity contribution in [3.05, 3.63) is 35.4 Å². The second kappa shape index (κ2) is 7.81. The first-order valence-corrected chi connectivity index (χ1v) is 9.67. The van der Waals surface area contributed by atoms with Crippen molar-refractivity contribution in [1.82, 2.24) is 9.80 Å². The van der Waals surface area contributed by atoms with E-state index in [1.807, 2.05) is 0 Å². The molecule has 3 rings (SSSR count). The van der Waals surface area contributed by atoms with Crippen LogP contribution in [0, 0.1) is 11.8 Å². The molecule has 1 aliphatic carbocycles. The van der Waals surface area contributed by atoms with Crippen LogP contribution in [0.15, 0.2) is 24.3 Å². The first-order chi connectivity index (χ1) is 11.1. The highest BCUT2D eigenvalue weighted by atomic mass is 15.3. The van der Waals surface area contributed by atoms with Crippen molar-refractivity contribution in [2.24, 2.45) is 11.8 Å². The van der Waals surface area contributed by atoms with Gasteiger partial charge in [0.15, 0.2) is 0 Å². The Balaban J connectivity index is 1.37. The highest BCUT2D eigenvalue weighted by Gasteiger charge is 2.32. The van der Waals surface area contributed by atoms with E-state index in [4.69, 9.17) is 0 Å². The summed E-state index contributed by atoms with van der Waals surface area (Å²) in [6.45, 7) is 14.6. The molecule has 128 valence electrons. The van der Waals surface area contributed by atoms with Crippen LogP contribution in [0.1, 0.15) is 50.7 Å². The van der Waals surface area contributed by atoms with Crippen molar-refractivity contribution in [3.63, 3.8) is 0 Å². The summed E-state index contributed by atoms with van der Waals surface area (Å²) in [5, 5.41) is 0. The number of aryl methyl sites for hydroxylation is 1. The van der Waals surface area contributed by atoms with Crippen LogP contribution in [-0.2, 0) is 6.42 Å². The molecule has 0 atom stereocenters. The summed E-state index contributed by atoms with van der Waals surface area (Å²) in [6, 6.07) is 9.36. The monoisotopic (exact) mass is 314 g/mol. The summed E-state index contributed by atoms with van der Waals surface area (Å²) in [7, 11) is 0. The van der Waals surface area contributed by atoms with Crippen LogP contribution in [0.4, 0.5) is 0 Å². The van der Waals surface area contributed by atoms with Crippen LogP contribution >= 0.6 is 0 Å². The second-order valence-electron chi connectivity index (χ2n) is 8.12. The maximum absolute atomic E-state index is 2.71. The number of nitrogens with zero attached hydrogens (tertiary/aromatic N) is 2. The van der Waals surface area contributed by atoms with E-state index < -0.39 is 0 Å². The summed E-state index contributed by atoms with van der Waals surface area (Å²) in [4.78, 5) is 5.35. The molecule has 0 N–H and O–H groups in total. The molecule has 0 spiro atoms. The average molecular weight is 315 g/mol. The summed E-state index contributed by atoms with van der Waals surface area (Å²) >= 11 is 0. The summed E-state index contributed by atoms with van der Waals surface area (Å²) in [5.74, 6) is 2.56. The second-order valence-corrected chi connectivity index (χ2v) is 8.12. The Morgan fingerprint density at radius 2 is 1.57 bits per heavy atom. The lowest BCUT2D eigenvalue weighted by atomic mass is 9.71. The molecule has 0 amide bonds. The number of rotatable bonds is 6. The fourth-order valence-electron chi connectivity index (χ4n) is 4.22. The van der Waals surface area contributed by atoms with Crippen LogP contribution in [0.25, 0.3) is 0 Å². The molecular formula is C21H34N2. The van der Waals surface area contributed by atoms with Crippen molar-refractivity contribution in [3.8, 4) is 0 Å². The highest BCUT2D eigenvalue weighted by molar-refractivity contribution is 5.27. The van der Waals surface area contributed by atoms with Crippen LogP contribution in [-0.4, -0.2) is 49.1 Å². The van der Waals surface area contributed by atoms with E-state index in [1.54, 1.807) is 5.56 Å². The molecule has 1 saturated carbocycles. The van der Waals surface area contributed by atoms with Crippen LogP contribution < -0.4 is 0 Å². The largest absolute Gasteiger partial charge is 0.301 e. The zero-order chi connectivity index (χ0) is 16.2. The summed E-state index contributed by atoms with van der Waals surface area (Å²) < 4.78 is 0. The van der Waals surface area contributed by atoms with E-state index >= 15 is 0 Å². The fourth-order valence-corrected chi connectivity index (χ4v) is 4.22. The number of hydrogen-bond acceptors (Lipinski definition) is 2. The quantitative estimate of drug-likeness (QED) is 0.782. The first-order valence-electron chi connectivity index (χ1n) is 9.67. The molecule has 0 radical (unpaired) electrons. The third kappa shape index (κ3) is 4.58. The summed E-state index contributed by atoms with van der Waals surface area (Å²) in [6.07, 6.45) is 3.95. The minimum Gasteiger partial charge on any atom is -0.301 e. The van der Waals surface area contributed by atoms with Gasteiger partial charge in [-0.2, -0.15) is 0 Å². The van der Waals surface area contributed by atoms with Crippen molar-refractivity contribution in [2.75, 3.05) is 39.3 Å². The van der Waals surface area contributed by atoms with E-state index in [0.29, 0.717) is 0 Å². The normalized spacial score (nSPS) is 26.4. The molecule has 0 bridgehead atoms. The molecule has 1 saturated heterocycles. The van der Waals surface area contributed by atoms with Gasteiger partial charge in [0.05, 0.1) is 0 Å². The van der Waals surface area contributed by atoms with Gasteiger partial charge in [-0.25, -0.2) is 0 Å². The SMILES string of the molecule is CCc1ccc(C2CC(CN3CCN(CC(C)C)CC3)C2)cc1. The lowest BCUT2D eigenvalue weighted by molar-refractivity contribution is 0.0879. The lowest BCUT2D eigenvalue weighted by Gasteiger charge is -2.42. The maximum Gasteiger partial charge on any atom is 0.0110 e. The molecule has 2 fully saturated rings. The molecule has 23 heavy (non-hydrogen) atoms. The minimum atomic E-state index is 0.799. The Kier molecular flexibility index (Phi) is 5.76. The minimum absolute atomic E-state index is 0.799.